The summed E-state index contributed by atoms with van der Waals surface area (Å²) in [6.07, 6.45) is 4.10. The van der Waals surface area contributed by atoms with Gasteiger partial charge < -0.3 is 4.90 Å². The number of rotatable bonds is 6. The molecule has 11 rings (SSSR count). The molecule has 258 valence electrons. The molecule has 0 bridgehead atoms. The molecule has 1 aliphatic carbocycles. The van der Waals surface area contributed by atoms with Gasteiger partial charge in [-0.15, -0.1) is 11.3 Å². The Morgan fingerprint density at radius 1 is 0.455 bits per heavy atom. The van der Waals surface area contributed by atoms with Gasteiger partial charge in [0, 0.05) is 32.9 Å². The summed E-state index contributed by atoms with van der Waals surface area (Å²) in [5.74, 6) is 0. The van der Waals surface area contributed by atoms with Crippen molar-refractivity contribution < 1.29 is 0 Å². The molecule has 0 atom stereocenters. The lowest BCUT2D eigenvalue weighted by Gasteiger charge is -2.34. The van der Waals surface area contributed by atoms with Crippen molar-refractivity contribution in [3.05, 3.63) is 229 Å². The summed E-state index contributed by atoms with van der Waals surface area (Å²) in [5.41, 5.74) is 12.7. The van der Waals surface area contributed by atoms with E-state index in [-0.39, 0.29) is 0 Å². The Hall–Kier alpha value is -6.81. The Labute approximate surface area is 324 Å². The van der Waals surface area contributed by atoms with E-state index in [1.54, 1.807) is 0 Å². The molecule has 0 radical (unpaired) electrons. The van der Waals surface area contributed by atoms with Crippen LogP contribution in [0.3, 0.4) is 0 Å². The van der Waals surface area contributed by atoms with Crippen molar-refractivity contribution in [1.82, 2.24) is 4.98 Å². The number of nitrogens with zero attached hydrogens (tertiary/aromatic N) is 2. The maximum absolute atomic E-state index is 4.96. The van der Waals surface area contributed by atoms with Crippen molar-refractivity contribution >= 4 is 59.3 Å². The highest BCUT2D eigenvalue weighted by atomic mass is 32.1. The van der Waals surface area contributed by atoms with Gasteiger partial charge >= 0.3 is 0 Å². The highest BCUT2D eigenvalue weighted by Crippen LogP contribution is 2.60. The minimum absolute atomic E-state index is 0.508. The van der Waals surface area contributed by atoms with E-state index in [4.69, 9.17) is 4.98 Å². The van der Waals surface area contributed by atoms with Gasteiger partial charge in [-0.3, -0.25) is 4.98 Å². The van der Waals surface area contributed by atoms with Gasteiger partial charge in [0.1, 0.15) is 0 Å². The number of pyridine rings is 1. The molecule has 3 heteroatoms. The topological polar surface area (TPSA) is 16.1 Å². The zero-order chi connectivity index (χ0) is 36.3. The van der Waals surface area contributed by atoms with Gasteiger partial charge in [0.15, 0.2) is 0 Å². The van der Waals surface area contributed by atoms with Gasteiger partial charge in [-0.2, -0.15) is 0 Å². The van der Waals surface area contributed by atoms with E-state index in [2.05, 4.69) is 205 Å². The number of hydrogen-bond donors (Lipinski definition) is 0. The number of fused-ring (bicyclic) bond motifs is 8. The minimum Gasteiger partial charge on any atom is -0.308 e. The van der Waals surface area contributed by atoms with E-state index in [0.29, 0.717) is 0 Å². The third kappa shape index (κ3) is 4.77. The molecular formula is C52H34N2S. The summed E-state index contributed by atoms with van der Waals surface area (Å²) in [7, 11) is 0. The molecule has 0 saturated heterocycles. The molecular weight excluding hydrogens is 685 g/mol. The molecule has 0 aliphatic heterocycles. The lowest BCUT2D eigenvalue weighted by atomic mass is 9.68. The number of aromatic nitrogens is 1. The third-order valence-corrected chi connectivity index (χ3v) is 12.6. The van der Waals surface area contributed by atoms with Crippen molar-refractivity contribution in [3.63, 3.8) is 0 Å². The fourth-order valence-corrected chi connectivity index (χ4v) is 10.3. The van der Waals surface area contributed by atoms with Crippen LogP contribution in [0.5, 0.6) is 0 Å². The molecule has 0 N–H and O–H groups in total. The number of anilines is 3. The SMILES string of the molecule is c1ccc(-c2ccc(N(c3cccc4c3-c3ccccc3C4(c3ccccc3)c3ccccc3)c3cncc4sc5c6ccccc6ccc5c34)cc2)cc1. The molecule has 0 saturated carbocycles. The predicted octanol–water partition coefficient (Wildman–Crippen LogP) is 14.1. The average molecular weight is 719 g/mol. The maximum Gasteiger partial charge on any atom is 0.0738 e. The van der Waals surface area contributed by atoms with E-state index in [1.807, 2.05) is 17.5 Å². The highest BCUT2D eigenvalue weighted by molar-refractivity contribution is 7.26. The molecule has 2 aromatic heterocycles. The van der Waals surface area contributed by atoms with Crippen LogP contribution in [0.2, 0.25) is 0 Å². The summed E-state index contributed by atoms with van der Waals surface area (Å²) >= 11 is 1.83. The maximum atomic E-state index is 4.96. The lowest BCUT2D eigenvalue weighted by Crippen LogP contribution is -2.28. The van der Waals surface area contributed by atoms with Gasteiger partial charge in [-0.1, -0.05) is 176 Å². The number of hydrogen-bond acceptors (Lipinski definition) is 3. The monoisotopic (exact) mass is 718 g/mol. The molecule has 0 fully saturated rings. The summed E-state index contributed by atoms with van der Waals surface area (Å²) in [5, 5.41) is 4.99. The second-order valence-electron chi connectivity index (χ2n) is 14.3. The van der Waals surface area contributed by atoms with Crippen LogP contribution in [-0.2, 0) is 5.41 Å². The summed E-state index contributed by atoms with van der Waals surface area (Å²) in [6, 6.07) is 70.9. The standard InChI is InChI=1S/C52H34N2S/c1-4-15-35(16-5-1)36-27-30-40(31-28-36)54(47-33-53-34-48-50(47)43-32-29-37-17-10-11-22-41(37)51(43)55-48)46-26-14-25-45-49(46)42-23-12-13-24-44(42)52(45,38-18-6-2-7-19-38)39-20-8-3-9-21-39/h1-34H. The van der Waals surface area contributed by atoms with Crippen molar-refractivity contribution in [1.29, 1.82) is 0 Å². The Morgan fingerprint density at radius 3 is 1.85 bits per heavy atom. The van der Waals surface area contributed by atoms with Crippen LogP contribution < -0.4 is 4.90 Å². The molecule has 0 amide bonds. The first-order chi connectivity index (χ1) is 27.3. The van der Waals surface area contributed by atoms with Gasteiger partial charge in [-0.25, -0.2) is 0 Å². The largest absolute Gasteiger partial charge is 0.308 e. The molecule has 10 aromatic rings. The number of thiophene rings is 1. The van der Waals surface area contributed by atoms with Crippen LogP contribution in [0.1, 0.15) is 22.3 Å². The van der Waals surface area contributed by atoms with Crippen molar-refractivity contribution in [2.45, 2.75) is 5.41 Å². The molecule has 8 aromatic carbocycles. The molecule has 2 nitrogen and oxygen atoms in total. The summed E-state index contributed by atoms with van der Waals surface area (Å²) in [4.78, 5) is 7.42. The molecule has 55 heavy (non-hydrogen) atoms. The average Bonchev–Trinajstić information content (AvgIpc) is 3.80. The minimum atomic E-state index is -0.508. The Kier molecular flexibility index (Phi) is 7.29. The van der Waals surface area contributed by atoms with Gasteiger partial charge in [-0.05, 0) is 67.9 Å². The summed E-state index contributed by atoms with van der Waals surface area (Å²) < 4.78 is 2.46. The van der Waals surface area contributed by atoms with Crippen LogP contribution in [-0.4, -0.2) is 4.98 Å². The fourth-order valence-electron chi connectivity index (χ4n) is 9.11. The predicted molar refractivity (Wildman–Crippen MR) is 232 cm³/mol. The van der Waals surface area contributed by atoms with E-state index in [0.717, 1.165) is 17.1 Å². The van der Waals surface area contributed by atoms with Crippen molar-refractivity contribution in [3.8, 4) is 22.3 Å². The second-order valence-corrected chi connectivity index (χ2v) is 15.3. The molecule has 0 unspecified atom stereocenters. The van der Waals surface area contributed by atoms with Crippen LogP contribution in [0.4, 0.5) is 17.1 Å². The Bertz CT molecular complexity index is 2980. The van der Waals surface area contributed by atoms with Gasteiger partial charge in [0.05, 0.1) is 27.7 Å². The number of benzene rings is 8. The van der Waals surface area contributed by atoms with Gasteiger partial charge in [0.2, 0.25) is 0 Å². The smallest absolute Gasteiger partial charge is 0.0738 e. The van der Waals surface area contributed by atoms with Gasteiger partial charge in [0.25, 0.3) is 0 Å². The van der Waals surface area contributed by atoms with E-state index in [9.17, 15) is 0 Å². The first kappa shape index (κ1) is 31.7. The zero-order valence-electron chi connectivity index (χ0n) is 29.9. The molecule has 0 spiro atoms. The van der Waals surface area contributed by atoms with E-state index >= 15 is 0 Å². The van der Waals surface area contributed by atoms with Crippen molar-refractivity contribution in [2.75, 3.05) is 4.90 Å². The summed E-state index contributed by atoms with van der Waals surface area (Å²) in [6.45, 7) is 0. The zero-order valence-corrected chi connectivity index (χ0v) is 30.7. The van der Waals surface area contributed by atoms with E-state index in [1.165, 1.54) is 75.5 Å². The Balaban J connectivity index is 1.23. The van der Waals surface area contributed by atoms with Crippen LogP contribution >= 0.6 is 11.3 Å². The van der Waals surface area contributed by atoms with Crippen LogP contribution in [0.25, 0.3) is 53.2 Å². The first-order valence-electron chi connectivity index (χ1n) is 18.8. The van der Waals surface area contributed by atoms with Crippen LogP contribution in [0.15, 0.2) is 207 Å². The quantitative estimate of drug-likeness (QED) is 0.170. The van der Waals surface area contributed by atoms with Crippen molar-refractivity contribution in [2.24, 2.45) is 0 Å². The molecule has 1 aliphatic rings. The lowest BCUT2D eigenvalue weighted by molar-refractivity contribution is 0.768. The second kappa shape index (κ2) is 12.7. The normalized spacial score (nSPS) is 12.9. The highest BCUT2D eigenvalue weighted by Gasteiger charge is 2.47. The first-order valence-corrected chi connectivity index (χ1v) is 19.6. The Morgan fingerprint density at radius 2 is 1.09 bits per heavy atom. The fraction of sp³-hybridized carbons (Fsp3) is 0.0192. The molecule has 2 heterocycles. The van der Waals surface area contributed by atoms with E-state index < -0.39 is 5.41 Å². The third-order valence-electron chi connectivity index (χ3n) is 11.4. The van der Waals surface area contributed by atoms with Crippen LogP contribution in [0, 0.1) is 0 Å².